The number of rotatable bonds is 5. The van der Waals surface area contributed by atoms with Crippen LogP contribution in [0.1, 0.15) is 24.0 Å². The van der Waals surface area contributed by atoms with Gasteiger partial charge in [-0.2, -0.15) is 5.26 Å². The van der Waals surface area contributed by atoms with Gasteiger partial charge >= 0.3 is 0 Å². The van der Waals surface area contributed by atoms with E-state index in [4.69, 9.17) is 5.26 Å². The minimum Gasteiger partial charge on any atom is -0.316 e. The van der Waals surface area contributed by atoms with Crippen LogP contribution in [-0.2, 0) is 10.0 Å². The van der Waals surface area contributed by atoms with Crippen molar-refractivity contribution in [2.24, 2.45) is 5.92 Å². The van der Waals surface area contributed by atoms with Gasteiger partial charge < -0.3 is 5.32 Å². The molecule has 1 aliphatic heterocycles. The second-order valence-corrected chi connectivity index (χ2v) is 6.84. The largest absolute Gasteiger partial charge is 0.316 e. The Morgan fingerprint density at radius 2 is 2.30 bits per heavy atom. The summed E-state index contributed by atoms with van der Waals surface area (Å²) in [4.78, 5) is 0.0737. The van der Waals surface area contributed by atoms with Crippen LogP contribution in [0, 0.1) is 24.2 Å². The number of nitrogens with one attached hydrogen (secondary N) is 2. The van der Waals surface area contributed by atoms with E-state index in [-0.39, 0.29) is 10.5 Å². The molecule has 1 unspecified atom stereocenters. The number of hydrogen-bond donors (Lipinski definition) is 2. The maximum Gasteiger partial charge on any atom is 0.241 e. The molecule has 20 heavy (non-hydrogen) atoms. The SMILES string of the molecule is Cc1cccc(S(=O)(=O)NCCC2CCNC2)c1C#N. The van der Waals surface area contributed by atoms with Gasteiger partial charge in [0.05, 0.1) is 10.5 Å². The molecular formula is C14H19N3O2S. The third kappa shape index (κ3) is 3.37. The molecule has 1 atom stereocenters. The molecule has 0 spiro atoms. The maximum atomic E-state index is 12.3. The van der Waals surface area contributed by atoms with Gasteiger partial charge in [-0.1, -0.05) is 12.1 Å². The molecule has 0 bridgehead atoms. The second kappa shape index (κ2) is 6.35. The van der Waals surface area contributed by atoms with Gasteiger partial charge in [0.2, 0.25) is 10.0 Å². The summed E-state index contributed by atoms with van der Waals surface area (Å²) in [5.41, 5.74) is 0.901. The van der Waals surface area contributed by atoms with Gasteiger partial charge in [0.15, 0.2) is 0 Å². The fraction of sp³-hybridized carbons (Fsp3) is 0.500. The fourth-order valence-corrected chi connectivity index (χ4v) is 3.72. The molecule has 1 fully saturated rings. The first kappa shape index (κ1) is 15.0. The van der Waals surface area contributed by atoms with Crippen molar-refractivity contribution in [1.29, 1.82) is 5.26 Å². The van der Waals surface area contributed by atoms with Crippen molar-refractivity contribution in [3.05, 3.63) is 29.3 Å². The van der Waals surface area contributed by atoms with Crippen molar-refractivity contribution in [2.75, 3.05) is 19.6 Å². The van der Waals surface area contributed by atoms with Gasteiger partial charge in [0, 0.05) is 6.54 Å². The van der Waals surface area contributed by atoms with Crippen LogP contribution in [0.25, 0.3) is 0 Å². The minimum absolute atomic E-state index is 0.0737. The minimum atomic E-state index is -3.61. The van der Waals surface area contributed by atoms with E-state index in [0.717, 1.165) is 25.9 Å². The Balaban J connectivity index is 2.06. The average Bonchev–Trinajstić information content (AvgIpc) is 2.91. The Hall–Kier alpha value is -1.42. The molecule has 0 aromatic heterocycles. The molecule has 1 aliphatic rings. The smallest absolute Gasteiger partial charge is 0.241 e. The van der Waals surface area contributed by atoms with E-state index in [2.05, 4.69) is 10.0 Å². The predicted molar refractivity (Wildman–Crippen MR) is 76.7 cm³/mol. The maximum absolute atomic E-state index is 12.3. The Bertz CT molecular complexity index is 614. The highest BCUT2D eigenvalue weighted by atomic mass is 32.2. The molecule has 1 aromatic carbocycles. The molecule has 0 radical (unpaired) electrons. The van der Waals surface area contributed by atoms with Crippen LogP contribution in [0.15, 0.2) is 23.1 Å². The Morgan fingerprint density at radius 1 is 1.50 bits per heavy atom. The van der Waals surface area contributed by atoms with Crippen LogP contribution in [0.2, 0.25) is 0 Å². The van der Waals surface area contributed by atoms with Crippen LogP contribution >= 0.6 is 0 Å². The molecule has 1 aromatic rings. The molecule has 0 aliphatic carbocycles. The first-order chi connectivity index (χ1) is 9.54. The van der Waals surface area contributed by atoms with Crippen molar-refractivity contribution in [2.45, 2.75) is 24.7 Å². The summed E-state index contributed by atoms with van der Waals surface area (Å²) in [6.45, 7) is 4.11. The van der Waals surface area contributed by atoms with Crippen molar-refractivity contribution < 1.29 is 8.42 Å². The zero-order valence-corrected chi connectivity index (χ0v) is 12.3. The molecule has 2 N–H and O–H groups in total. The Kier molecular flexibility index (Phi) is 4.76. The first-order valence-electron chi connectivity index (χ1n) is 6.74. The number of benzene rings is 1. The topological polar surface area (TPSA) is 82.0 Å². The summed E-state index contributed by atoms with van der Waals surface area (Å²) in [7, 11) is -3.61. The van der Waals surface area contributed by atoms with E-state index in [1.165, 1.54) is 6.07 Å². The molecule has 1 heterocycles. The third-order valence-electron chi connectivity index (χ3n) is 3.64. The van der Waals surface area contributed by atoms with Crippen LogP contribution < -0.4 is 10.0 Å². The monoisotopic (exact) mass is 293 g/mol. The van der Waals surface area contributed by atoms with Crippen molar-refractivity contribution in [3.8, 4) is 6.07 Å². The lowest BCUT2D eigenvalue weighted by Crippen LogP contribution is -2.27. The fourth-order valence-electron chi connectivity index (χ4n) is 2.44. The highest BCUT2D eigenvalue weighted by Gasteiger charge is 2.20. The van der Waals surface area contributed by atoms with Crippen LogP contribution in [0.5, 0.6) is 0 Å². The highest BCUT2D eigenvalue weighted by molar-refractivity contribution is 7.89. The first-order valence-corrected chi connectivity index (χ1v) is 8.23. The van der Waals surface area contributed by atoms with E-state index in [1.807, 2.05) is 6.07 Å². The Morgan fingerprint density at radius 3 is 2.95 bits per heavy atom. The van der Waals surface area contributed by atoms with Crippen LogP contribution in [-0.4, -0.2) is 28.1 Å². The lowest BCUT2D eigenvalue weighted by atomic mass is 10.1. The number of nitriles is 1. The van der Waals surface area contributed by atoms with Gasteiger partial charge in [-0.05, 0) is 50.4 Å². The van der Waals surface area contributed by atoms with E-state index in [1.54, 1.807) is 19.1 Å². The molecule has 5 nitrogen and oxygen atoms in total. The third-order valence-corrected chi connectivity index (χ3v) is 5.15. The van der Waals surface area contributed by atoms with Gasteiger partial charge in [0.25, 0.3) is 0 Å². The van der Waals surface area contributed by atoms with Gasteiger partial charge in [0.1, 0.15) is 6.07 Å². The molecule has 1 saturated heterocycles. The van der Waals surface area contributed by atoms with E-state index >= 15 is 0 Å². The van der Waals surface area contributed by atoms with Crippen molar-refractivity contribution in [3.63, 3.8) is 0 Å². The normalized spacial score (nSPS) is 18.9. The average molecular weight is 293 g/mol. The number of hydrogen-bond acceptors (Lipinski definition) is 4. The molecule has 0 saturated carbocycles. The van der Waals surface area contributed by atoms with Gasteiger partial charge in [-0.25, -0.2) is 13.1 Å². The predicted octanol–water partition coefficient (Wildman–Crippen LogP) is 1.14. The van der Waals surface area contributed by atoms with Crippen LogP contribution in [0.3, 0.4) is 0 Å². The molecular weight excluding hydrogens is 274 g/mol. The summed E-state index contributed by atoms with van der Waals surface area (Å²) in [6.07, 6.45) is 1.91. The second-order valence-electron chi connectivity index (χ2n) is 5.11. The highest BCUT2D eigenvalue weighted by Crippen LogP contribution is 2.18. The number of nitrogens with zero attached hydrogens (tertiary/aromatic N) is 1. The van der Waals surface area contributed by atoms with E-state index in [0.29, 0.717) is 18.0 Å². The standard InChI is InChI=1S/C14H19N3O2S/c1-11-3-2-4-14(13(11)9-15)20(18,19)17-8-6-12-5-7-16-10-12/h2-4,12,16-17H,5-8,10H2,1H3. The van der Waals surface area contributed by atoms with Crippen molar-refractivity contribution >= 4 is 10.0 Å². The number of sulfonamides is 1. The zero-order valence-electron chi connectivity index (χ0n) is 11.5. The van der Waals surface area contributed by atoms with Crippen molar-refractivity contribution in [1.82, 2.24) is 10.0 Å². The quantitative estimate of drug-likeness (QED) is 0.853. The lowest BCUT2D eigenvalue weighted by Gasteiger charge is -2.11. The zero-order chi connectivity index (χ0) is 14.6. The molecule has 6 heteroatoms. The summed E-state index contributed by atoms with van der Waals surface area (Å²) < 4.78 is 27.1. The molecule has 108 valence electrons. The summed E-state index contributed by atoms with van der Waals surface area (Å²) in [5, 5.41) is 12.4. The summed E-state index contributed by atoms with van der Waals surface area (Å²) in [5.74, 6) is 0.533. The lowest BCUT2D eigenvalue weighted by molar-refractivity contribution is 0.519. The van der Waals surface area contributed by atoms with Gasteiger partial charge in [-0.15, -0.1) is 0 Å². The molecule has 2 rings (SSSR count). The van der Waals surface area contributed by atoms with E-state index in [9.17, 15) is 8.42 Å². The Labute approximate surface area is 120 Å². The van der Waals surface area contributed by atoms with Crippen LogP contribution in [0.4, 0.5) is 0 Å². The van der Waals surface area contributed by atoms with Gasteiger partial charge in [-0.3, -0.25) is 0 Å². The number of aryl methyl sites for hydroxylation is 1. The molecule has 0 amide bonds. The van der Waals surface area contributed by atoms with E-state index < -0.39 is 10.0 Å². The summed E-state index contributed by atoms with van der Waals surface area (Å²) in [6, 6.07) is 6.85. The summed E-state index contributed by atoms with van der Waals surface area (Å²) >= 11 is 0.